The van der Waals surface area contributed by atoms with E-state index in [4.69, 9.17) is 5.73 Å². The van der Waals surface area contributed by atoms with Crippen LogP contribution in [0.5, 0.6) is 0 Å². The fourth-order valence-corrected chi connectivity index (χ4v) is 6.68. The Bertz CT molecular complexity index is 1340. The second-order valence-electron chi connectivity index (χ2n) is 10.3. The third kappa shape index (κ3) is 4.82. The summed E-state index contributed by atoms with van der Waals surface area (Å²) in [7, 11) is 0. The van der Waals surface area contributed by atoms with E-state index in [9.17, 15) is 9.90 Å². The van der Waals surface area contributed by atoms with Gasteiger partial charge in [-0.1, -0.05) is 44.0 Å². The van der Waals surface area contributed by atoms with Crippen molar-refractivity contribution in [3.05, 3.63) is 64.7 Å². The summed E-state index contributed by atoms with van der Waals surface area (Å²) >= 11 is 1.53. The maximum absolute atomic E-state index is 12.6. The molecule has 2 aromatic heterocycles. The lowest BCUT2D eigenvalue weighted by atomic mass is 9.85. The van der Waals surface area contributed by atoms with Gasteiger partial charge in [-0.15, -0.1) is 11.3 Å². The maximum atomic E-state index is 12.6. The number of amides is 1. The number of rotatable bonds is 8. The summed E-state index contributed by atoms with van der Waals surface area (Å²) < 4.78 is 1.11. The summed E-state index contributed by atoms with van der Waals surface area (Å²) in [4.78, 5) is 19.1. The molecule has 5 nitrogen and oxygen atoms in total. The molecule has 0 radical (unpaired) electrons. The number of thiophene rings is 1. The van der Waals surface area contributed by atoms with Crippen molar-refractivity contribution in [1.82, 2.24) is 4.98 Å². The second kappa shape index (κ2) is 9.67. The molecular formula is C29H35N3O2S. The first-order valence-corrected chi connectivity index (χ1v) is 13.6. The smallest absolute Gasteiger partial charge is 0.259 e. The molecule has 0 aliphatic carbocycles. The number of para-hydroxylation sites is 1. The lowest BCUT2D eigenvalue weighted by molar-refractivity contribution is 0.0351. The van der Waals surface area contributed by atoms with Crippen LogP contribution in [-0.2, 0) is 6.42 Å². The molecule has 3 heterocycles. The quantitative estimate of drug-likeness (QED) is 0.270. The fourth-order valence-electron chi connectivity index (χ4n) is 5.50. The van der Waals surface area contributed by atoms with Crippen LogP contribution in [0.25, 0.3) is 21.0 Å². The minimum atomic E-state index is -0.579. The van der Waals surface area contributed by atoms with Gasteiger partial charge in [0.15, 0.2) is 0 Å². The van der Waals surface area contributed by atoms with Gasteiger partial charge in [0.2, 0.25) is 0 Å². The zero-order valence-corrected chi connectivity index (χ0v) is 21.5. The minimum absolute atomic E-state index is 0.223. The molecule has 1 unspecified atom stereocenters. The molecule has 1 saturated heterocycles. The van der Waals surface area contributed by atoms with E-state index in [0.29, 0.717) is 4.88 Å². The van der Waals surface area contributed by atoms with Crippen LogP contribution < -0.4 is 10.6 Å². The SMILES string of the molecule is CCCCC(Cc1c[nH]c2ccccc12)c1c(C(N)=O)sc2cc(N3CCC(C)(O)CC3)ccc12. The first-order valence-electron chi connectivity index (χ1n) is 12.7. The van der Waals surface area contributed by atoms with E-state index in [-0.39, 0.29) is 11.8 Å². The Morgan fingerprint density at radius 3 is 2.71 bits per heavy atom. The molecule has 1 atom stereocenters. The van der Waals surface area contributed by atoms with Gasteiger partial charge in [0, 0.05) is 40.6 Å². The molecule has 184 valence electrons. The summed E-state index contributed by atoms with van der Waals surface area (Å²) in [5.74, 6) is -0.112. The normalized spacial score (nSPS) is 16.7. The summed E-state index contributed by atoms with van der Waals surface area (Å²) in [6.07, 6.45) is 7.75. The highest BCUT2D eigenvalue weighted by Crippen LogP contribution is 2.42. The molecule has 6 heteroatoms. The minimum Gasteiger partial charge on any atom is -0.390 e. The van der Waals surface area contributed by atoms with Gasteiger partial charge in [0.25, 0.3) is 5.91 Å². The van der Waals surface area contributed by atoms with Crippen LogP contribution in [0.4, 0.5) is 5.69 Å². The topological polar surface area (TPSA) is 82.4 Å². The molecule has 2 aromatic carbocycles. The number of anilines is 1. The molecule has 1 aliphatic heterocycles. The monoisotopic (exact) mass is 489 g/mol. The number of benzene rings is 2. The summed E-state index contributed by atoms with van der Waals surface area (Å²) in [5, 5.41) is 12.7. The standard InChI is InChI=1S/C29H35N3O2S/c1-3-4-7-19(16-20-18-31-24-9-6-5-8-22(20)24)26-23-11-10-21(17-25(23)35-27(26)28(30)33)32-14-12-29(2,34)13-15-32/h5-6,8-11,17-19,31,34H,3-4,7,12-16H2,1-2H3,(H2,30,33). The van der Waals surface area contributed by atoms with Crippen LogP contribution in [0.2, 0.25) is 0 Å². The Morgan fingerprint density at radius 2 is 1.97 bits per heavy atom. The van der Waals surface area contributed by atoms with Crippen LogP contribution in [0.15, 0.2) is 48.7 Å². The Hall–Kier alpha value is -2.83. The number of aromatic nitrogens is 1. The van der Waals surface area contributed by atoms with E-state index >= 15 is 0 Å². The van der Waals surface area contributed by atoms with Crippen LogP contribution in [0.1, 0.15) is 72.7 Å². The van der Waals surface area contributed by atoms with Crippen molar-refractivity contribution in [3.8, 4) is 0 Å². The van der Waals surface area contributed by atoms with Crippen molar-refractivity contribution in [2.45, 2.75) is 63.9 Å². The number of primary amides is 1. The number of nitrogens with zero attached hydrogens (tertiary/aromatic N) is 1. The van der Waals surface area contributed by atoms with Gasteiger partial charge >= 0.3 is 0 Å². The van der Waals surface area contributed by atoms with Gasteiger partial charge in [-0.25, -0.2) is 0 Å². The lowest BCUT2D eigenvalue weighted by Crippen LogP contribution is -2.42. The van der Waals surface area contributed by atoms with Gasteiger partial charge in [-0.3, -0.25) is 4.79 Å². The largest absolute Gasteiger partial charge is 0.390 e. The molecule has 1 amide bonds. The third-order valence-electron chi connectivity index (χ3n) is 7.60. The predicted octanol–water partition coefficient (Wildman–Crippen LogP) is 6.35. The molecular weight excluding hydrogens is 454 g/mol. The number of nitrogens with one attached hydrogen (secondary N) is 1. The molecule has 1 aliphatic rings. The number of fused-ring (bicyclic) bond motifs is 2. The van der Waals surface area contributed by atoms with E-state index in [2.05, 4.69) is 65.5 Å². The highest BCUT2D eigenvalue weighted by Gasteiger charge is 2.29. The molecule has 5 rings (SSSR count). The number of aliphatic hydroxyl groups is 1. The highest BCUT2D eigenvalue weighted by molar-refractivity contribution is 7.21. The molecule has 35 heavy (non-hydrogen) atoms. The molecule has 4 aromatic rings. The molecule has 4 N–H and O–H groups in total. The first kappa shape index (κ1) is 23.9. The first-order chi connectivity index (χ1) is 16.9. The average Bonchev–Trinajstić information content (AvgIpc) is 3.43. The van der Waals surface area contributed by atoms with Crippen molar-refractivity contribution in [2.75, 3.05) is 18.0 Å². The van der Waals surface area contributed by atoms with E-state index in [0.717, 1.165) is 78.5 Å². The van der Waals surface area contributed by atoms with Crippen molar-refractivity contribution >= 4 is 43.9 Å². The molecule has 1 fully saturated rings. The van der Waals surface area contributed by atoms with Crippen LogP contribution in [-0.4, -0.2) is 34.7 Å². The third-order valence-corrected chi connectivity index (χ3v) is 8.78. The molecule has 0 spiro atoms. The number of nitrogens with two attached hydrogens (primary N) is 1. The maximum Gasteiger partial charge on any atom is 0.259 e. The van der Waals surface area contributed by atoms with Crippen molar-refractivity contribution in [3.63, 3.8) is 0 Å². The van der Waals surface area contributed by atoms with Crippen molar-refractivity contribution < 1.29 is 9.90 Å². The number of aromatic amines is 1. The Morgan fingerprint density at radius 1 is 1.20 bits per heavy atom. The highest BCUT2D eigenvalue weighted by atomic mass is 32.1. The van der Waals surface area contributed by atoms with Crippen molar-refractivity contribution in [1.29, 1.82) is 0 Å². The van der Waals surface area contributed by atoms with Gasteiger partial charge < -0.3 is 20.7 Å². The zero-order valence-electron chi connectivity index (χ0n) is 20.6. The number of carbonyl (C=O) groups excluding carboxylic acids is 1. The van der Waals surface area contributed by atoms with Crippen molar-refractivity contribution in [2.24, 2.45) is 5.73 Å². The van der Waals surface area contributed by atoms with Gasteiger partial charge in [0.1, 0.15) is 0 Å². The van der Waals surface area contributed by atoms with E-state index in [1.165, 1.54) is 22.3 Å². The van der Waals surface area contributed by atoms with E-state index in [1.807, 2.05) is 6.92 Å². The molecule has 0 saturated carbocycles. The van der Waals surface area contributed by atoms with Gasteiger partial charge in [-0.2, -0.15) is 0 Å². The number of carbonyl (C=O) groups is 1. The lowest BCUT2D eigenvalue weighted by Gasteiger charge is -2.37. The predicted molar refractivity (Wildman–Crippen MR) is 147 cm³/mol. The number of hydrogen-bond acceptors (Lipinski definition) is 4. The molecule has 0 bridgehead atoms. The summed E-state index contributed by atoms with van der Waals surface area (Å²) in [5.41, 5.74) is 10.1. The van der Waals surface area contributed by atoms with Crippen LogP contribution in [0.3, 0.4) is 0 Å². The zero-order chi connectivity index (χ0) is 24.6. The number of piperidine rings is 1. The fraction of sp³-hybridized carbons (Fsp3) is 0.414. The number of hydrogen-bond donors (Lipinski definition) is 3. The second-order valence-corrected chi connectivity index (χ2v) is 11.3. The van der Waals surface area contributed by atoms with E-state index < -0.39 is 5.60 Å². The number of unbranched alkanes of at least 4 members (excludes halogenated alkanes) is 1. The summed E-state index contributed by atoms with van der Waals surface area (Å²) in [6.45, 7) is 5.80. The summed E-state index contributed by atoms with van der Waals surface area (Å²) in [6, 6.07) is 15.0. The van der Waals surface area contributed by atoms with Gasteiger partial charge in [-0.05, 0) is 73.2 Å². The Kier molecular flexibility index (Phi) is 6.60. The van der Waals surface area contributed by atoms with Crippen LogP contribution in [0, 0.1) is 0 Å². The van der Waals surface area contributed by atoms with E-state index in [1.54, 1.807) is 0 Å². The number of H-pyrrole nitrogens is 1. The van der Waals surface area contributed by atoms with Gasteiger partial charge in [0.05, 0.1) is 10.5 Å². The Balaban J connectivity index is 1.53. The van der Waals surface area contributed by atoms with Crippen LogP contribution >= 0.6 is 11.3 Å². The average molecular weight is 490 g/mol. The Labute approximate surface area is 210 Å².